The number of fused-ring (bicyclic) bond motifs is 1. The van der Waals surface area contributed by atoms with Gasteiger partial charge in [-0.2, -0.15) is 0 Å². The van der Waals surface area contributed by atoms with Crippen LogP contribution in [0.3, 0.4) is 0 Å². The minimum atomic E-state index is -3.63. The molecule has 0 radical (unpaired) electrons. The van der Waals surface area contributed by atoms with Gasteiger partial charge in [0.15, 0.2) is 0 Å². The van der Waals surface area contributed by atoms with E-state index in [4.69, 9.17) is 5.11 Å². The number of rotatable bonds is 5. The average molecular weight is 552 g/mol. The van der Waals surface area contributed by atoms with Crippen molar-refractivity contribution in [2.75, 3.05) is 0 Å². The number of benzene rings is 4. The van der Waals surface area contributed by atoms with Crippen LogP contribution in [0.15, 0.2) is 120 Å². The van der Waals surface area contributed by atoms with Crippen molar-refractivity contribution in [2.24, 2.45) is 0 Å². The number of aliphatic hydroxyl groups is 1. The predicted molar refractivity (Wildman–Crippen MR) is 141 cm³/mol. The van der Waals surface area contributed by atoms with Gasteiger partial charge in [0.25, 0.3) is 0 Å². The second-order valence-corrected chi connectivity index (χ2v) is 10.3. The first-order chi connectivity index (χ1) is 18.6. The Bertz CT molecular complexity index is 1760. The van der Waals surface area contributed by atoms with E-state index in [-0.39, 0.29) is 20.9 Å². The minimum Gasteiger partial charge on any atom is -0.384 e. The Kier molecular flexibility index (Phi) is 8.23. The molecule has 1 N–H and O–H groups in total. The number of sulfone groups is 1. The van der Waals surface area contributed by atoms with E-state index in [1.54, 1.807) is 36.4 Å². The molecule has 4 aromatic carbocycles. The Morgan fingerprint density at radius 2 is 1.41 bits per heavy atom. The lowest BCUT2D eigenvalue weighted by atomic mass is 10.1. The lowest BCUT2D eigenvalue weighted by Gasteiger charge is -2.08. The molecule has 9 heteroatoms. The summed E-state index contributed by atoms with van der Waals surface area (Å²) in [5.41, 5.74) is 1.08. The Morgan fingerprint density at radius 3 is 2.05 bits per heavy atom. The fourth-order valence-electron chi connectivity index (χ4n) is 3.72. The molecule has 0 bridgehead atoms. The van der Waals surface area contributed by atoms with Gasteiger partial charge in [-0.05, 0) is 54.6 Å². The molecule has 0 aliphatic rings. The number of hydrogen-bond donors (Lipinski definition) is 1. The smallest absolute Gasteiger partial charge is 0.206 e. The molecule has 0 aliphatic carbocycles. The molecule has 0 aliphatic heterocycles. The highest BCUT2D eigenvalue weighted by Crippen LogP contribution is 2.27. The van der Waals surface area contributed by atoms with Crippen LogP contribution in [-0.4, -0.2) is 18.5 Å². The molecule has 0 saturated heterocycles. The Balaban J connectivity index is 0.000000247. The molecule has 198 valence electrons. The number of aliphatic hydroxyl groups excluding tert-OH is 1. The van der Waals surface area contributed by atoms with Crippen molar-refractivity contribution in [1.29, 1.82) is 0 Å². The Labute approximate surface area is 222 Å². The molecule has 1 atom stereocenters. The molecule has 0 fully saturated rings. The molecular formula is C30H21F4NO3S. The van der Waals surface area contributed by atoms with Gasteiger partial charge in [0, 0.05) is 28.6 Å². The fourth-order valence-corrected chi connectivity index (χ4v) is 5.04. The van der Waals surface area contributed by atoms with Gasteiger partial charge in [0.2, 0.25) is 9.84 Å². The molecule has 0 spiro atoms. The van der Waals surface area contributed by atoms with Crippen LogP contribution in [0.5, 0.6) is 0 Å². The number of aromatic nitrogens is 1. The maximum Gasteiger partial charge on any atom is 0.206 e. The van der Waals surface area contributed by atoms with Crippen molar-refractivity contribution in [2.45, 2.75) is 15.9 Å². The second kappa shape index (κ2) is 11.6. The first-order valence-electron chi connectivity index (χ1n) is 11.5. The van der Waals surface area contributed by atoms with E-state index in [0.717, 1.165) is 18.2 Å². The quantitative estimate of drug-likeness (QED) is 0.185. The van der Waals surface area contributed by atoms with Crippen LogP contribution in [0.2, 0.25) is 0 Å². The molecule has 0 amide bonds. The molecule has 1 aromatic heterocycles. The van der Waals surface area contributed by atoms with Gasteiger partial charge in [-0.25, -0.2) is 31.0 Å². The summed E-state index contributed by atoms with van der Waals surface area (Å²) < 4.78 is 77.8. The maximum absolute atomic E-state index is 14.0. The van der Waals surface area contributed by atoms with Gasteiger partial charge >= 0.3 is 0 Å². The van der Waals surface area contributed by atoms with E-state index in [9.17, 15) is 26.0 Å². The summed E-state index contributed by atoms with van der Waals surface area (Å²) in [6, 6.07) is 22.3. The summed E-state index contributed by atoms with van der Waals surface area (Å²) in [6.07, 6.45) is 0.0988. The monoisotopic (exact) mass is 551 g/mol. The Morgan fingerprint density at radius 1 is 0.744 bits per heavy atom. The first-order valence-corrected chi connectivity index (χ1v) is 13.0. The summed E-state index contributed by atoms with van der Waals surface area (Å²) in [5.74, 6) is -2.78. The van der Waals surface area contributed by atoms with Crippen LogP contribution in [0.25, 0.3) is 22.2 Å². The molecular weight excluding hydrogens is 530 g/mol. The van der Waals surface area contributed by atoms with E-state index in [1.165, 1.54) is 48.5 Å². The van der Waals surface area contributed by atoms with Crippen LogP contribution >= 0.6 is 0 Å². The van der Waals surface area contributed by atoms with E-state index >= 15 is 0 Å². The van der Waals surface area contributed by atoms with Gasteiger partial charge in [0.05, 0.1) is 27.1 Å². The molecule has 1 unspecified atom stereocenters. The van der Waals surface area contributed by atoms with Crippen LogP contribution in [-0.2, 0) is 9.84 Å². The molecule has 39 heavy (non-hydrogen) atoms. The van der Waals surface area contributed by atoms with Crippen LogP contribution in [0.1, 0.15) is 11.7 Å². The van der Waals surface area contributed by atoms with E-state index in [1.807, 2.05) is 0 Å². The zero-order valence-electron chi connectivity index (χ0n) is 20.2. The standard InChI is InChI=1S/C21H13F2NO2S.C9H8F2O/c22-15-7-9-18(19(23)13-15)21-10-6-14-12-17(8-11-20(14)24-21)27(25,26)16-4-2-1-3-5-16;1-2-9(12)7-4-3-6(10)5-8(7)11/h1-13H;2-5,9,12H,1H2. The number of nitrogens with zero attached hydrogens (tertiary/aromatic N) is 1. The lowest BCUT2D eigenvalue weighted by Crippen LogP contribution is -2.01. The topological polar surface area (TPSA) is 67.3 Å². The number of halogens is 4. The molecule has 5 rings (SSSR count). The van der Waals surface area contributed by atoms with Crippen molar-refractivity contribution in [3.8, 4) is 11.3 Å². The van der Waals surface area contributed by atoms with Gasteiger partial charge in [0.1, 0.15) is 23.3 Å². The SMILES string of the molecule is C=CC(O)c1ccc(F)cc1F.O=S(=O)(c1ccccc1)c1ccc2nc(-c3ccc(F)cc3F)ccc2c1. The average Bonchev–Trinajstić information content (AvgIpc) is 2.93. The van der Waals surface area contributed by atoms with Crippen molar-refractivity contribution < 1.29 is 31.1 Å². The highest BCUT2D eigenvalue weighted by atomic mass is 32.2. The molecule has 1 heterocycles. The van der Waals surface area contributed by atoms with Gasteiger partial charge in [-0.15, -0.1) is 6.58 Å². The fraction of sp³-hybridized carbons (Fsp3) is 0.0333. The zero-order chi connectivity index (χ0) is 28.2. The van der Waals surface area contributed by atoms with Crippen molar-refractivity contribution in [3.05, 3.63) is 139 Å². The third kappa shape index (κ3) is 6.22. The normalized spacial score (nSPS) is 11.9. The molecule has 4 nitrogen and oxygen atoms in total. The zero-order valence-corrected chi connectivity index (χ0v) is 21.0. The highest BCUT2D eigenvalue weighted by molar-refractivity contribution is 7.91. The number of pyridine rings is 1. The largest absolute Gasteiger partial charge is 0.384 e. The van der Waals surface area contributed by atoms with E-state index in [0.29, 0.717) is 16.6 Å². The van der Waals surface area contributed by atoms with Crippen molar-refractivity contribution >= 4 is 20.7 Å². The summed E-state index contributed by atoms with van der Waals surface area (Å²) >= 11 is 0. The first kappa shape index (κ1) is 27.7. The summed E-state index contributed by atoms with van der Waals surface area (Å²) in [5, 5.41) is 9.73. The molecule has 0 saturated carbocycles. The third-order valence-corrected chi connectivity index (χ3v) is 7.50. The van der Waals surface area contributed by atoms with Gasteiger partial charge in [-0.3, -0.25) is 0 Å². The van der Waals surface area contributed by atoms with Crippen molar-refractivity contribution in [3.63, 3.8) is 0 Å². The minimum absolute atomic E-state index is 0.0337. The van der Waals surface area contributed by atoms with Crippen molar-refractivity contribution in [1.82, 2.24) is 4.98 Å². The second-order valence-electron chi connectivity index (χ2n) is 8.34. The van der Waals surface area contributed by atoms with Gasteiger partial charge < -0.3 is 5.11 Å². The maximum atomic E-state index is 14.0. The Hall–Kier alpha value is -4.34. The van der Waals surface area contributed by atoms with Crippen LogP contribution in [0, 0.1) is 23.3 Å². The third-order valence-electron chi connectivity index (χ3n) is 5.74. The summed E-state index contributed by atoms with van der Waals surface area (Å²) in [4.78, 5) is 4.74. The summed E-state index contributed by atoms with van der Waals surface area (Å²) in [7, 11) is -3.63. The molecule has 5 aromatic rings. The van der Waals surface area contributed by atoms with Crippen LogP contribution in [0.4, 0.5) is 17.6 Å². The predicted octanol–water partition coefficient (Wildman–Crippen LogP) is 7.20. The number of hydrogen-bond acceptors (Lipinski definition) is 4. The van der Waals surface area contributed by atoms with Crippen LogP contribution < -0.4 is 0 Å². The lowest BCUT2D eigenvalue weighted by molar-refractivity contribution is 0.223. The van der Waals surface area contributed by atoms with Gasteiger partial charge in [-0.1, -0.05) is 36.4 Å². The highest BCUT2D eigenvalue weighted by Gasteiger charge is 2.18. The van der Waals surface area contributed by atoms with E-state index in [2.05, 4.69) is 11.6 Å². The van der Waals surface area contributed by atoms with E-state index < -0.39 is 39.2 Å². The summed E-state index contributed by atoms with van der Waals surface area (Å²) in [6.45, 7) is 3.29.